The van der Waals surface area contributed by atoms with Gasteiger partial charge in [-0.1, -0.05) is 54.6 Å². The highest BCUT2D eigenvalue weighted by Crippen LogP contribution is 2.31. The molecule has 0 spiro atoms. The minimum atomic E-state index is 0.103. The van der Waals surface area contributed by atoms with E-state index >= 15 is 0 Å². The molecule has 3 aromatic rings. The van der Waals surface area contributed by atoms with Crippen molar-refractivity contribution in [2.75, 3.05) is 6.61 Å². The number of hydrogen-bond acceptors (Lipinski definition) is 3. The predicted molar refractivity (Wildman–Crippen MR) is 85.4 cm³/mol. The van der Waals surface area contributed by atoms with Crippen molar-refractivity contribution < 1.29 is 5.11 Å². The molecule has 0 aliphatic carbocycles. The maximum atomic E-state index is 9.23. The van der Waals surface area contributed by atoms with Crippen molar-refractivity contribution >= 4 is 22.1 Å². The van der Waals surface area contributed by atoms with Crippen LogP contribution in [0.1, 0.15) is 5.56 Å². The second-order valence-corrected chi connectivity index (χ2v) is 4.80. The Balaban J connectivity index is 2.10. The van der Waals surface area contributed by atoms with Crippen LogP contribution in [-0.2, 0) is 6.42 Å². The Morgan fingerprint density at radius 3 is 2.33 bits per heavy atom. The lowest BCUT2D eigenvalue weighted by atomic mass is 10.0. The maximum Gasteiger partial charge on any atom is 0.0968 e. The third-order valence-electron chi connectivity index (χ3n) is 3.39. The third-order valence-corrected chi connectivity index (χ3v) is 3.39. The van der Waals surface area contributed by atoms with Crippen molar-refractivity contribution in [3.8, 4) is 0 Å². The monoisotopic (exact) mass is 276 g/mol. The molecule has 0 saturated carbocycles. The van der Waals surface area contributed by atoms with Gasteiger partial charge in [0.1, 0.15) is 0 Å². The Bertz CT molecular complexity index is 767. The zero-order chi connectivity index (χ0) is 14.5. The van der Waals surface area contributed by atoms with Gasteiger partial charge in [0, 0.05) is 12.0 Å². The number of nitrogens with zero attached hydrogens (tertiary/aromatic N) is 2. The van der Waals surface area contributed by atoms with Crippen LogP contribution in [0.5, 0.6) is 0 Å². The van der Waals surface area contributed by atoms with E-state index in [1.807, 2.05) is 54.6 Å². The van der Waals surface area contributed by atoms with Gasteiger partial charge in [0.15, 0.2) is 0 Å². The fourth-order valence-electron chi connectivity index (χ4n) is 2.34. The first-order valence-corrected chi connectivity index (χ1v) is 6.97. The Hall–Kier alpha value is -2.52. The fraction of sp³-hybridized carbons (Fsp3) is 0.111. The summed E-state index contributed by atoms with van der Waals surface area (Å²) in [5, 5.41) is 20.2. The van der Waals surface area contributed by atoms with Gasteiger partial charge in [-0.2, -0.15) is 5.11 Å². The molecule has 0 aliphatic rings. The largest absolute Gasteiger partial charge is 0.396 e. The molecule has 3 heteroatoms. The van der Waals surface area contributed by atoms with Crippen molar-refractivity contribution in [1.82, 2.24) is 0 Å². The molecule has 0 heterocycles. The van der Waals surface area contributed by atoms with Gasteiger partial charge >= 0.3 is 0 Å². The first-order valence-electron chi connectivity index (χ1n) is 6.97. The SMILES string of the molecule is OCCc1ccc2ccccc2c1N=Nc1ccccc1. The topological polar surface area (TPSA) is 45.0 Å². The van der Waals surface area contributed by atoms with Crippen LogP contribution in [-0.4, -0.2) is 11.7 Å². The summed E-state index contributed by atoms with van der Waals surface area (Å²) < 4.78 is 0. The van der Waals surface area contributed by atoms with Gasteiger partial charge in [-0.15, -0.1) is 5.11 Å². The third kappa shape index (κ3) is 2.98. The average Bonchev–Trinajstić information content (AvgIpc) is 2.55. The highest BCUT2D eigenvalue weighted by atomic mass is 16.2. The van der Waals surface area contributed by atoms with E-state index in [0.717, 1.165) is 27.7 Å². The highest BCUT2D eigenvalue weighted by molar-refractivity contribution is 5.94. The summed E-state index contributed by atoms with van der Waals surface area (Å²) in [6, 6.07) is 21.8. The fourth-order valence-corrected chi connectivity index (χ4v) is 2.34. The van der Waals surface area contributed by atoms with Crippen LogP contribution in [0.2, 0.25) is 0 Å². The van der Waals surface area contributed by atoms with Gasteiger partial charge < -0.3 is 5.11 Å². The Kier molecular flexibility index (Phi) is 4.03. The molecule has 3 aromatic carbocycles. The van der Waals surface area contributed by atoms with Crippen LogP contribution in [0.4, 0.5) is 11.4 Å². The maximum absolute atomic E-state index is 9.23. The first-order chi connectivity index (χ1) is 10.4. The Labute approximate surface area is 123 Å². The molecule has 0 fully saturated rings. The van der Waals surface area contributed by atoms with Crippen LogP contribution < -0.4 is 0 Å². The Morgan fingerprint density at radius 1 is 0.762 bits per heavy atom. The summed E-state index contributed by atoms with van der Waals surface area (Å²) in [5.74, 6) is 0. The molecular formula is C18H16N2O. The van der Waals surface area contributed by atoms with Crippen molar-refractivity contribution in [3.05, 3.63) is 72.3 Å². The molecule has 0 aromatic heterocycles. The number of azo groups is 1. The quantitative estimate of drug-likeness (QED) is 0.684. The molecule has 0 aliphatic heterocycles. The summed E-state index contributed by atoms with van der Waals surface area (Å²) in [5.41, 5.74) is 2.67. The van der Waals surface area contributed by atoms with E-state index in [4.69, 9.17) is 0 Å². The van der Waals surface area contributed by atoms with E-state index < -0.39 is 0 Å². The molecule has 3 rings (SSSR count). The second kappa shape index (κ2) is 6.29. The molecule has 1 N–H and O–H groups in total. The average molecular weight is 276 g/mol. The van der Waals surface area contributed by atoms with Crippen LogP contribution in [0.25, 0.3) is 10.8 Å². The number of aliphatic hydroxyl groups excluding tert-OH is 1. The van der Waals surface area contributed by atoms with E-state index in [1.54, 1.807) is 0 Å². The molecule has 0 bridgehead atoms. The number of fused-ring (bicyclic) bond motifs is 1. The minimum Gasteiger partial charge on any atom is -0.396 e. The Morgan fingerprint density at radius 2 is 1.52 bits per heavy atom. The molecule has 104 valence electrons. The zero-order valence-electron chi connectivity index (χ0n) is 11.6. The summed E-state index contributed by atoms with van der Waals surface area (Å²) in [6.07, 6.45) is 0.577. The van der Waals surface area contributed by atoms with Gasteiger partial charge in [-0.05, 0) is 29.5 Å². The number of benzene rings is 3. The number of rotatable bonds is 4. The zero-order valence-corrected chi connectivity index (χ0v) is 11.6. The lowest BCUT2D eigenvalue weighted by molar-refractivity contribution is 0.300. The first kappa shape index (κ1) is 13.5. The molecule has 0 saturated heterocycles. The van der Waals surface area contributed by atoms with Crippen molar-refractivity contribution in [3.63, 3.8) is 0 Å². The summed E-state index contributed by atoms with van der Waals surface area (Å²) in [6.45, 7) is 0.103. The van der Waals surface area contributed by atoms with Crippen molar-refractivity contribution in [1.29, 1.82) is 0 Å². The molecule has 21 heavy (non-hydrogen) atoms. The molecule has 0 amide bonds. The van der Waals surface area contributed by atoms with Gasteiger partial charge in [0.2, 0.25) is 0 Å². The summed E-state index contributed by atoms with van der Waals surface area (Å²) >= 11 is 0. The lowest BCUT2D eigenvalue weighted by Crippen LogP contribution is -1.91. The minimum absolute atomic E-state index is 0.103. The van der Waals surface area contributed by atoms with Crippen LogP contribution in [0, 0.1) is 0 Å². The van der Waals surface area contributed by atoms with E-state index in [1.165, 1.54) is 0 Å². The van der Waals surface area contributed by atoms with Crippen LogP contribution >= 0.6 is 0 Å². The van der Waals surface area contributed by atoms with Gasteiger partial charge in [0.25, 0.3) is 0 Å². The van der Waals surface area contributed by atoms with Crippen molar-refractivity contribution in [2.24, 2.45) is 10.2 Å². The standard InChI is InChI=1S/C18H16N2O/c21-13-12-15-11-10-14-6-4-5-9-17(14)18(15)20-19-16-7-2-1-3-8-16/h1-11,21H,12-13H2. The van der Waals surface area contributed by atoms with Crippen molar-refractivity contribution in [2.45, 2.75) is 6.42 Å². The summed E-state index contributed by atoms with van der Waals surface area (Å²) in [7, 11) is 0. The van der Waals surface area contributed by atoms with Gasteiger partial charge in [-0.25, -0.2) is 0 Å². The van der Waals surface area contributed by atoms with Crippen LogP contribution in [0.3, 0.4) is 0 Å². The highest BCUT2D eigenvalue weighted by Gasteiger charge is 2.06. The smallest absolute Gasteiger partial charge is 0.0968 e. The summed E-state index contributed by atoms with van der Waals surface area (Å²) in [4.78, 5) is 0. The van der Waals surface area contributed by atoms with E-state index in [9.17, 15) is 5.11 Å². The molecule has 0 atom stereocenters. The van der Waals surface area contributed by atoms with Gasteiger partial charge in [-0.3, -0.25) is 0 Å². The van der Waals surface area contributed by atoms with E-state index in [0.29, 0.717) is 6.42 Å². The number of aliphatic hydroxyl groups is 1. The molecule has 0 unspecified atom stereocenters. The predicted octanol–water partition coefficient (Wildman–Crippen LogP) is 4.79. The van der Waals surface area contributed by atoms with Gasteiger partial charge in [0.05, 0.1) is 11.4 Å². The molecule has 0 radical (unpaired) electrons. The number of hydrogen-bond donors (Lipinski definition) is 1. The molecule has 3 nitrogen and oxygen atoms in total. The van der Waals surface area contributed by atoms with E-state index in [2.05, 4.69) is 22.4 Å². The second-order valence-electron chi connectivity index (χ2n) is 4.80. The lowest BCUT2D eigenvalue weighted by Gasteiger charge is -2.07. The van der Waals surface area contributed by atoms with Crippen LogP contribution in [0.15, 0.2) is 77.0 Å². The van der Waals surface area contributed by atoms with E-state index in [-0.39, 0.29) is 6.61 Å². The molecular weight excluding hydrogens is 260 g/mol. The normalized spacial score (nSPS) is 11.3.